The van der Waals surface area contributed by atoms with Crippen molar-refractivity contribution in [3.63, 3.8) is 0 Å². The summed E-state index contributed by atoms with van der Waals surface area (Å²) in [6.45, 7) is 3.46. The number of hydrogen-bond donors (Lipinski definition) is 0. The van der Waals surface area contributed by atoms with Crippen LogP contribution in [-0.2, 0) is 14.3 Å². The van der Waals surface area contributed by atoms with Crippen LogP contribution in [0.3, 0.4) is 0 Å². The summed E-state index contributed by atoms with van der Waals surface area (Å²) in [6, 6.07) is 0. The van der Waals surface area contributed by atoms with Gasteiger partial charge < -0.3 is 4.74 Å². The molecule has 0 unspecified atom stereocenters. The maximum absolute atomic E-state index is 10.9. The topological polar surface area (TPSA) is 43.4 Å². The largest absolute Gasteiger partial charge is 0.466 e. The highest BCUT2D eigenvalue weighted by Crippen LogP contribution is 1.98. The van der Waals surface area contributed by atoms with E-state index in [-0.39, 0.29) is 5.97 Å². The van der Waals surface area contributed by atoms with Crippen LogP contribution < -0.4 is 0 Å². The first kappa shape index (κ1) is 12.4. The van der Waals surface area contributed by atoms with Crippen molar-refractivity contribution in [3.8, 4) is 0 Å². The van der Waals surface area contributed by atoms with Gasteiger partial charge in [-0.2, -0.15) is 0 Å². The minimum atomic E-state index is -0.355. The van der Waals surface area contributed by atoms with Crippen LogP contribution in [0.2, 0.25) is 0 Å². The van der Waals surface area contributed by atoms with Gasteiger partial charge in [-0.15, -0.1) is 0 Å². The zero-order valence-corrected chi connectivity index (χ0v) is 8.61. The van der Waals surface area contributed by atoms with Crippen molar-refractivity contribution < 1.29 is 14.3 Å². The second-order valence-corrected chi connectivity index (χ2v) is 2.75. The lowest BCUT2D eigenvalue weighted by Crippen LogP contribution is -2.00. The summed E-state index contributed by atoms with van der Waals surface area (Å²) in [5, 5.41) is 0. The van der Waals surface area contributed by atoms with E-state index in [1.54, 1.807) is 32.1 Å². The molecule has 0 saturated heterocycles. The van der Waals surface area contributed by atoms with E-state index in [1.807, 2.05) is 0 Å². The van der Waals surface area contributed by atoms with E-state index < -0.39 is 0 Å². The van der Waals surface area contributed by atoms with Crippen molar-refractivity contribution in [1.82, 2.24) is 0 Å². The summed E-state index contributed by atoms with van der Waals surface area (Å²) in [5.41, 5.74) is 1.34. The first-order valence-corrected chi connectivity index (χ1v) is 4.17. The van der Waals surface area contributed by atoms with E-state index in [1.165, 1.54) is 13.2 Å². The van der Waals surface area contributed by atoms with Gasteiger partial charge in [-0.3, -0.25) is 4.79 Å². The lowest BCUT2D eigenvalue weighted by molar-refractivity contribution is -0.136. The molecule has 0 aromatic heterocycles. The lowest BCUT2D eigenvalue weighted by atomic mass is 10.2. The van der Waals surface area contributed by atoms with Gasteiger partial charge in [0.1, 0.15) is 6.29 Å². The van der Waals surface area contributed by atoms with Gasteiger partial charge in [0.25, 0.3) is 0 Å². The van der Waals surface area contributed by atoms with E-state index in [0.29, 0.717) is 5.57 Å². The van der Waals surface area contributed by atoms with Crippen LogP contribution in [0, 0.1) is 0 Å². The highest BCUT2D eigenvalue weighted by molar-refractivity contribution is 5.87. The van der Waals surface area contributed by atoms with Gasteiger partial charge in [-0.05, 0) is 25.5 Å². The zero-order valence-electron chi connectivity index (χ0n) is 8.61. The molecule has 0 aliphatic heterocycles. The molecule has 3 nitrogen and oxygen atoms in total. The Morgan fingerprint density at radius 1 is 1.21 bits per heavy atom. The van der Waals surface area contributed by atoms with Crippen LogP contribution >= 0.6 is 0 Å². The Labute approximate surface area is 83.8 Å². The van der Waals surface area contributed by atoms with Crippen molar-refractivity contribution in [1.29, 1.82) is 0 Å². The fourth-order valence-corrected chi connectivity index (χ4v) is 0.736. The van der Waals surface area contributed by atoms with E-state index in [0.717, 1.165) is 11.9 Å². The minimum Gasteiger partial charge on any atom is -0.466 e. The summed E-state index contributed by atoms with van der Waals surface area (Å²) < 4.78 is 4.51. The van der Waals surface area contributed by atoms with Gasteiger partial charge in [0.2, 0.25) is 0 Å². The van der Waals surface area contributed by atoms with Gasteiger partial charge in [-0.1, -0.05) is 18.2 Å². The summed E-state index contributed by atoms with van der Waals surface area (Å²) in [7, 11) is 1.33. The van der Waals surface area contributed by atoms with Crippen LogP contribution in [-0.4, -0.2) is 19.4 Å². The monoisotopic (exact) mass is 194 g/mol. The number of hydrogen-bond acceptors (Lipinski definition) is 3. The molecule has 0 heterocycles. The lowest BCUT2D eigenvalue weighted by Gasteiger charge is -1.95. The highest BCUT2D eigenvalue weighted by atomic mass is 16.5. The molecule has 0 bridgehead atoms. The number of allylic oxidation sites excluding steroid dienone is 5. The maximum atomic E-state index is 10.9. The van der Waals surface area contributed by atoms with Gasteiger partial charge in [0, 0.05) is 5.57 Å². The fourth-order valence-electron chi connectivity index (χ4n) is 0.736. The molecule has 0 amide bonds. The zero-order chi connectivity index (χ0) is 11.0. The standard InChI is InChI=1S/C11H14O3/c1-9(7-8-12)5-4-6-10(2)11(13)14-3/h4-8H,1-3H3/b5-4-,9-7+,10-6+. The van der Waals surface area contributed by atoms with Crippen molar-refractivity contribution in [2.75, 3.05) is 7.11 Å². The second-order valence-electron chi connectivity index (χ2n) is 2.75. The summed E-state index contributed by atoms with van der Waals surface area (Å²) in [6.07, 6.45) is 7.23. The second kappa shape index (κ2) is 6.83. The minimum absolute atomic E-state index is 0.355. The Bertz CT molecular complexity index is 296. The van der Waals surface area contributed by atoms with Crippen LogP contribution in [0.15, 0.2) is 35.5 Å². The quantitative estimate of drug-likeness (QED) is 0.296. The van der Waals surface area contributed by atoms with Crippen molar-refractivity contribution in [2.24, 2.45) is 0 Å². The summed E-state index contributed by atoms with van der Waals surface area (Å²) in [4.78, 5) is 21.0. The smallest absolute Gasteiger partial charge is 0.333 e. The van der Waals surface area contributed by atoms with Gasteiger partial charge in [0.05, 0.1) is 7.11 Å². The molecular formula is C11H14O3. The molecule has 0 aromatic carbocycles. The number of carbonyl (C=O) groups is 2. The predicted molar refractivity (Wildman–Crippen MR) is 54.7 cm³/mol. The van der Waals surface area contributed by atoms with Gasteiger partial charge in [0.15, 0.2) is 0 Å². The maximum Gasteiger partial charge on any atom is 0.333 e. The number of methoxy groups -OCH3 is 1. The number of rotatable bonds is 4. The molecule has 0 aliphatic carbocycles. The molecule has 0 fully saturated rings. The molecule has 0 aliphatic rings. The highest BCUT2D eigenvalue weighted by Gasteiger charge is 1.99. The number of esters is 1. The Hall–Kier alpha value is -1.64. The van der Waals surface area contributed by atoms with Gasteiger partial charge >= 0.3 is 5.97 Å². The predicted octanol–water partition coefficient (Wildman–Crippen LogP) is 1.81. The molecule has 0 atom stereocenters. The van der Waals surface area contributed by atoms with E-state index in [4.69, 9.17) is 0 Å². The molecule has 0 radical (unpaired) electrons. The van der Waals surface area contributed by atoms with Crippen LogP contribution in [0.1, 0.15) is 13.8 Å². The van der Waals surface area contributed by atoms with Crippen molar-refractivity contribution in [3.05, 3.63) is 35.5 Å². The van der Waals surface area contributed by atoms with Crippen LogP contribution in [0.5, 0.6) is 0 Å². The third-order valence-corrected chi connectivity index (χ3v) is 1.54. The molecule has 0 rings (SSSR count). The number of carbonyl (C=O) groups excluding carboxylic acids is 2. The molecule has 3 heteroatoms. The summed E-state index contributed by atoms with van der Waals surface area (Å²) >= 11 is 0. The van der Waals surface area contributed by atoms with Crippen molar-refractivity contribution >= 4 is 12.3 Å². The number of ether oxygens (including phenoxy) is 1. The Balaban J connectivity index is 4.34. The molecule has 14 heavy (non-hydrogen) atoms. The van der Waals surface area contributed by atoms with E-state index in [9.17, 15) is 9.59 Å². The Morgan fingerprint density at radius 3 is 2.36 bits per heavy atom. The molecule has 0 N–H and O–H groups in total. The SMILES string of the molecule is COC(=O)/C(C)=C/C=C\C(C)=C\C=O. The molecular weight excluding hydrogens is 180 g/mol. The Kier molecular flexibility index (Phi) is 6.03. The van der Waals surface area contributed by atoms with Crippen LogP contribution in [0.4, 0.5) is 0 Å². The van der Waals surface area contributed by atoms with Crippen molar-refractivity contribution in [2.45, 2.75) is 13.8 Å². The van der Waals surface area contributed by atoms with Gasteiger partial charge in [-0.25, -0.2) is 4.79 Å². The van der Waals surface area contributed by atoms with E-state index >= 15 is 0 Å². The third-order valence-electron chi connectivity index (χ3n) is 1.54. The van der Waals surface area contributed by atoms with Crippen LogP contribution in [0.25, 0.3) is 0 Å². The van der Waals surface area contributed by atoms with E-state index in [2.05, 4.69) is 4.74 Å². The molecule has 76 valence electrons. The fraction of sp³-hybridized carbons (Fsp3) is 0.273. The average molecular weight is 194 g/mol. The third kappa shape index (κ3) is 5.09. The first-order chi connectivity index (χ1) is 6.61. The Morgan fingerprint density at radius 2 is 1.86 bits per heavy atom. The average Bonchev–Trinajstić information content (AvgIpc) is 2.16. The molecule has 0 saturated carbocycles. The normalized spacial score (nSPS) is 13.1. The number of aldehydes is 1. The molecule has 0 spiro atoms. The summed E-state index contributed by atoms with van der Waals surface area (Å²) in [5.74, 6) is -0.355. The molecule has 0 aromatic rings. The first-order valence-electron chi connectivity index (χ1n) is 4.17.